The minimum Gasteiger partial charge on any atom is -0.356 e. The molecule has 0 N–H and O–H groups in total. The summed E-state index contributed by atoms with van der Waals surface area (Å²) in [5.41, 5.74) is 2.29. The molecule has 4 atom stereocenters. The summed E-state index contributed by atoms with van der Waals surface area (Å²) in [6.07, 6.45) is 1.56. The summed E-state index contributed by atoms with van der Waals surface area (Å²) < 4.78 is 39.9. The standard InChI is InChI=1S/C22H27NO4S/c1-16-8-10-18(11-9-16)28(24,25)23-15-14-19(17-6-4-3-5-7-17)20-12-13-21(26-2)27-22(20)23/h3-11,19-22H,12-15H2,1-2H3/t19-,20+,21+,22+/m0/s1. The van der Waals surface area contributed by atoms with Crippen LogP contribution in [0, 0.1) is 12.8 Å². The molecule has 28 heavy (non-hydrogen) atoms. The van der Waals surface area contributed by atoms with Gasteiger partial charge in [0.15, 0.2) is 6.29 Å². The normalized spacial score (nSPS) is 28.6. The molecule has 2 aromatic carbocycles. The van der Waals surface area contributed by atoms with Crippen molar-refractivity contribution in [3.63, 3.8) is 0 Å². The lowest BCUT2D eigenvalue weighted by atomic mass is 9.76. The van der Waals surface area contributed by atoms with E-state index in [-0.39, 0.29) is 18.1 Å². The second-order valence-electron chi connectivity index (χ2n) is 7.67. The monoisotopic (exact) mass is 401 g/mol. The summed E-state index contributed by atoms with van der Waals surface area (Å²) in [6.45, 7) is 2.39. The van der Waals surface area contributed by atoms with Crippen molar-refractivity contribution in [2.45, 2.75) is 49.5 Å². The van der Waals surface area contributed by atoms with Gasteiger partial charge in [0.2, 0.25) is 10.0 Å². The zero-order valence-corrected chi connectivity index (χ0v) is 17.1. The minimum atomic E-state index is -3.63. The lowest BCUT2D eigenvalue weighted by molar-refractivity contribution is -0.235. The largest absolute Gasteiger partial charge is 0.356 e. The number of rotatable bonds is 4. The Morgan fingerprint density at radius 3 is 2.39 bits per heavy atom. The molecule has 0 unspecified atom stereocenters. The van der Waals surface area contributed by atoms with Gasteiger partial charge in [-0.1, -0.05) is 48.0 Å². The summed E-state index contributed by atoms with van der Waals surface area (Å²) in [7, 11) is -2.02. The first-order chi connectivity index (χ1) is 13.5. The Bertz CT molecular complexity index is 898. The van der Waals surface area contributed by atoms with Crippen LogP contribution in [-0.4, -0.2) is 38.9 Å². The average molecular weight is 402 g/mol. The summed E-state index contributed by atoms with van der Waals surface area (Å²) in [6, 6.07) is 17.4. The predicted octanol–water partition coefficient (Wildman–Crippen LogP) is 3.90. The van der Waals surface area contributed by atoms with Crippen LogP contribution in [0.2, 0.25) is 0 Å². The molecule has 150 valence electrons. The zero-order chi connectivity index (χ0) is 19.7. The topological polar surface area (TPSA) is 55.8 Å². The van der Waals surface area contributed by atoms with E-state index in [0.717, 1.165) is 24.8 Å². The Morgan fingerprint density at radius 1 is 1.00 bits per heavy atom. The Hall–Kier alpha value is -1.73. The molecule has 4 rings (SSSR count). The van der Waals surface area contributed by atoms with Crippen molar-refractivity contribution < 1.29 is 17.9 Å². The van der Waals surface area contributed by atoms with E-state index in [1.807, 2.05) is 37.3 Å². The van der Waals surface area contributed by atoms with Crippen LogP contribution in [-0.2, 0) is 19.5 Å². The van der Waals surface area contributed by atoms with Gasteiger partial charge in [0, 0.05) is 19.6 Å². The maximum Gasteiger partial charge on any atom is 0.245 e. The molecule has 2 aliphatic heterocycles. The summed E-state index contributed by atoms with van der Waals surface area (Å²) >= 11 is 0. The SMILES string of the molecule is CO[C@H]1CC[C@H]2[C@@H](O1)N(S(=O)(=O)c1ccc(C)cc1)CC[C@H]2c1ccccc1. The van der Waals surface area contributed by atoms with Gasteiger partial charge < -0.3 is 9.47 Å². The number of hydrogen-bond donors (Lipinski definition) is 0. The average Bonchev–Trinajstić information content (AvgIpc) is 2.73. The van der Waals surface area contributed by atoms with Crippen LogP contribution < -0.4 is 0 Å². The number of piperidine rings is 1. The third-order valence-corrected chi connectivity index (χ3v) is 7.85. The molecule has 0 amide bonds. The first kappa shape index (κ1) is 19.6. The number of methoxy groups -OCH3 is 1. The lowest BCUT2D eigenvalue weighted by Crippen LogP contribution is -2.55. The minimum absolute atomic E-state index is 0.114. The highest BCUT2D eigenvalue weighted by Gasteiger charge is 2.47. The van der Waals surface area contributed by atoms with Crippen molar-refractivity contribution in [1.29, 1.82) is 0 Å². The fourth-order valence-corrected chi connectivity index (χ4v) is 6.05. The second kappa shape index (κ2) is 7.95. The zero-order valence-electron chi connectivity index (χ0n) is 16.3. The molecule has 0 spiro atoms. The number of aryl methyl sites for hydroxylation is 1. The predicted molar refractivity (Wildman–Crippen MR) is 107 cm³/mol. The van der Waals surface area contributed by atoms with E-state index in [2.05, 4.69) is 12.1 Å². The van der Waals surface area contributed by atoms with E-state index in [4.69, 9.17) is 9.47 Å². The van der Waals surface area contributed by atoms with Gasteiger partial charge in [0.05, 0.1) is 4.90 Å². The first-order valence-corrected chi connectivity index (χ1v) is 11.3. The number of hydrogen-bond acceptors (Lipinski definition) is 4. The Kier molecular flexibility index (Phi) is 5.56. The molecule has 0 saturated carbocycles. The highest BCUT2D eigenvalue weighted by atomic mass is 32.2. The van der Waals surface area contributed by atoms with Gasteiger partial charge in [-0.25, -0.2) is 8.42 Å². The van der Waals surface area contributed by atoms with Crippen LogP contribution in [0.1, 0.15) is 36.3 Å². The molecule has 2 saturated heterocycles. The van der Waals surface area contributed by atoms with Gasteiger partial charge in [0.25, 0.3) is 0 Å². The summed E-state index contributed by atoms with van der Waals surface area (Å²) in [5, 5.41) is 0. The third-order valence-electron chi connectivity index (χ3n) is 5.97. The van der Waals surface area contributed by atoms with Gasteiger partial charge in [-0.05, 0) is 49.8 Å². The van der Waals surface area contributed by atoms with Crippen molar-refractivity contribution in [2.24, 2.45) is 5.92 Å². The molecule has 0 bridgehead atoms. The molecule has 2 aromatic rings. The molecule has 0 aliphatic carbocycles. The van der Waals surface area contributed by atoms with Crippen LogP contribution in [0.3, 0.4) is 0 Å². The number of ether oxygens (including phenoxy) is 2. The van der Waals surface area contributed by atoms with Gasteiger partial charge >= 0.3 is 0 Å². The number of sulfonamides is 1. The number of nitrogens with zero attached hydrogens (tertiary/aromatic N) is 1. The van der Waals surface area contributed by atoms with Crippen LogP contribution >= 0.6 is 0 Å². The van der Waals surface area contributed by atoms with Gasteiger partial charge in [-0.15, -0.1) is 0 Å². The third kappa shape index (κ3) is 3.62. The summed E-state index contributed by atoms with van der Waals surface area (Å²) in [5.74, 6) is 0.399. The van der Waals surface area contributed by atoms with Crippen molar-refractivity contribution in [2.75, 3.05) is 13.7 Å². The van der Waals surface area contributed by atoms with Crippen molar-refractivity contribution in [1.82, 2.24) is 4.31 Å². The van der Waals surface area contributed by atoms with E-state index in [1.165, 1.54) is 5.56 Å². The molecule has 2 heterocycles. The molecule has 0 aromatic heterocycles. The van der Waals surface area contributed by atoms with Crippen molar-refractivity contribution >= 4 is 10.0 Å². The van der Waals surface area contributed by atoms with E-state index in [9.17, 15) is 8.42 Å². The molecular weight excluding hydrogens is 374 g/mol. The maximum absolute atomic E-state index is 13.4. The molecule has 2 aliphatic rings. The van der Waals surface area contributed by atoms with Crippen LogP contribution in [0.25, 0.3) is 0 Å². The lowest BCUT2D eigenvalue weighted by Gasteiger charge is -2.48. The van der Waals surface area contributed by atoms with E-state index >= 15 is 0 Å². The molecule has 2 fully saturated rings. The Labute approximate surface area is 167 Å². The van der Waals surface area contributed by atoms with Crippen LogP contribution in [0.4, 0.5) is 0 Å². The highest BCUT2D eigenvalue weighted by molar-refractivity contribution is 7.89. The van der Waals surface area contributed by atoms with Crippen molar-refractivity contribution in [3.05, 3.63) is 65.7 Å². The second-order valence-corrected chi connectivity index (χ2v) is 9.56. The molecule has 6 heteroatoms. The summed E-state index contributed by atoms with van der Waals surface area (Å²) in [4.78, 5) is 0.318. The maximum atomic E-state index is 13.4. The van der Waals surface area contributed by atoms with E-state index < -0.39 is 16.3 Å². The highest BCUT2D eigenvalue weighted by Crippen LogP contribution is 2.45. The van der Waals surface area contributed by atoms with Gasteiger partial charge in [-0.3, -0.25) is 0 Å². The fraction of sp³-hybridized carbons (Fsp3) is 0.455. The smallest absolute Gasteiger partial charge is 0.245 e. The van der Waals surface area contributed by atoms with E-state index in [0.29, 0.717) is 11.4 Å². The van der Waals surface area contributed by atoms with E-state index in [1.54, 1.807) is 23.5 Å². The Morgan fingerprint density at radius 2 is 1.71 bits per heavy atom. The number of benzene rings is 2. The fourth-order valence-electron chi connectivity index (χ4n) is 4.47. The Balaban J connectivity index is 1.68. The van der Waals surface area contributed by atoms with Gasteiger partial charge in [-0.2, -0.15) is 4.31 Å². The van der Waals surface area contributed by atoms with Gasteiger partial charge in [0.1, 0.15) is 6.23 Å². The van der Waals surface area contributed by atoms with Crippen LogP contribution in [0.15, 0.2) is 59.5 Å². The molecular formula is C22H27NO4S. The molecule has 0 radical (unpaired) electrons. The van der Waals surface area contributed by atoms with Crippen molar-refractivity contribution in [3.8, 4) is 0 Å². The van der Waals surface area contributed by atoms with Crippen LogP contribution in [0.5, 0.6) is 0 Å². The first-order valence-electron chi connectivity index (χ1n) is 9.82. The number of fused-ring (bicyclic) bond motifs is 1. The molecule has 5 nitrogen and oxygen atoms in total. The quantitative estimate of drug-likeness (QED) is 0.780.